The van der Waals surface area contributed by atoms with E-state index < -0.39 is 0 Å². The number of benzene rings is 1. The average molecular weight is 353 g/mol. The van der Waals surface area contributed by atoms with Crippen LogP contribution in [-0.2, 0) is 0 Å². The lowest BCUT2D eigenvalue weighted by Gasteiger charge is -2.45. The van der Waals surface area contributed by atoms with Crippen LogP contribution in [0.1, 0.15) is 47.0 Å². The maximum Gasteiger partial charge on any atom is 0.0597 e. The van der Waals surface area contributed by atoms with E-state index in [-0.39, 0.29) is 0 Å². The molecule has 1 fully saturated rings. The number of hydrogen-bond acceptors (Lipinski definition) is 2. The van der Waals surface area contributed by atoms with Crippen molar-refractivity contribution >= 4 is 27.3 Å². The van der Waals surface area contributed by atoms with Gasteiger partial charge in [0.05, 0.1) is 11.4 Å². The number of nitrogens with one attached hydrogen (secondary N) is 1. The molecule has 0 spiro atoms. The first-order chi connectivity index (χ1) is 9.58. The Morgan fingerprint density at radius 3 is 2.19 bits per heavy atom. The Kier molecular flexibility index (Phi) is 4.63. The molecule has 2 nitrogen and oxygen atoms in total. The van der Waals surface area contributed by atoms with Crippen LogP contribution in [0.5, 0.6) is 0 Å². The van der Waals surface area contributed by atoms with Gasteiger partial charge >= 0.3 is 0 Å². The Morgan fingerprint density at radius 2 is 1.67 bits per heavy atom. The van der Waals surface area contributed by atoms with E-state index >= 15 is 0 Å². The Bertz CT molecular complexity index is 490. The summed E-state index contributed by atoms with van der Waals surface area (Å²) in [7, 11) is 4.20. The van der Waals surface area contributed by atoms with Gasteiger partial charge in [-0.1, -0.05) is 43.6 Å². The van der Waals surface area contributed by atoms with Crippen molar-refractivity contribution in [1.82, 2.24) is 0 Å². The van der Waals surface area contributed by atoms with Crippen molar-refractivity contribution in [2.75, 3.05) is 24.3 Å². The minimum atomic E-state index is 0.406. The molecule has 118 valence electrons. The minimum absolute atomic E-state index is 0.406. The minimum Gasteiger partial charge on any atom is -0.381 e. The summed E-state index contributed by atoms with van der Waals surface area (Å²) < 4.78 is 1.13. The third-order valence-electron chi connectivity index (χ3n) is 4.36. The molecule has 0 bridgehead atoms. The van der Waals surface area contributed by atoms with Crippen LogP contribution < -0.4 is 10.2 Å². The predicted octanol–water partition coefficient (Wildman–Crippen LogP) is 5.53. The molecule has 1 N–H and O–H groups in total. The highest BCUT2D eigenvalue weighted by atomic mass is 79.9. The van der Waals surface area contributed by atoms with Crippen molar-refractivity contribution in [3.63, 3.8) is 0 Å². The predicted molar refractivity (Wildman–Crippen MR) is 97.3 cm³/mol. The van der Waals surface area contributed by atoms with Gasteiger partial charge in [-0.25, -0.2) is 0 Å². The summed E-state index contributed by atoms with van der Waals surface area (Å²) in [5, 5.41) is 3.81. The molecule has 3 heteroatoms. The van der Waals surface area contributed by atoms with Crippen molar-refractivity contribution < 1.29 is 0 Å². The summed E-state index contributed by atoms with van der Waals surface area (Å²) in [5.41, 5.74) is 3.29. The molecule has 1 aromatic rings. The van der Waals surface area contributed by atoms with Crippen molar-refractivity contribution in [2.24, 2.45) is 10.8 Å². The standard InChI is InChI=1S/C18H29BrN2/c1-17(2)10-14(11-18(3,4)12-17)20-15-9-13(19)7-8-16(15)21(5)6/h7-9,14,20H,10-12H2,1-6H3. The summed E-state index contributed by atoms with van der Waals surface area (Å²) in [6.07, 6.45) is 3.77. The van der Waals surface area contributed by atoms with E-state index in [0.29, 0.717) is 16.9 Å². The van der Waals surface area contributed by atoms with Crippen LogP contribution in [0.25, 0.3) is 0 Å². The highest BCUT2D eigenvalue weighted by Gasteiger charge is 2.38. The van der Waals surface area contributed by atoms with Gasteiger partial charge in [-0.2, -0.15) is 0 Å². The van der Waals surface area contributed by atoms with Gasteiger partial charge in [-0.15, -0.1) is 0 Å². The Hall–Kier alpha value is -0.700. The summed E-state index contributed by atoms with van der Waals surface area (Å²) in [6, 6.07) is 7.02. The summed E-state index contributed by atoms with van der Waals surface area (Å²) in [4.78, 5) is 2.17. The molecule has 1 saturated carbocycles. The molecule has 0 atom stereocenters. The van der Waals surface area contributed by atoms with Crippen molar-refractivity contribution in [3.05, 3.63) is 22.7 Å². The van der Waals surface area contributed by atoms with Crippen LogP contribution in [0.15, 0.2) is 22.7 Å². The first-order valence-electron chi connectivity index (χ1n) is 7.81. The molecule has 1 aliphatic carbocycles. The topological polar surface area (TPSA) is 15.3 Å². The molecular formula is C18H29BrN2. The van der Waals surface area contributed by atoms with Crippen molar-refractivity contribution in [1.29, 1.82) is 0 Å². The third kappa shape index (κ3) is 4.38. The fourth-order valence-electron chi connectivity index (χ4n) is 4.18. The molecule has 0 aliphatic heterocycles. The van der Waals surface area contributed by atoms with E-state index in [4.69, 9.17) is 0 Å². The van der Waals surface area contributed by atoms with E-state index in [1.165, 1.54) is 30.6 Å². The molecule has 1 aromatic carbocycles. The molecule has 0 radical (unpaired) electrons. The molecule has 21 heavy (non-hydrogen) atoms. The van der Waals surface area contributed by atoms with Crippen LogP contribution in [0.2, 0.25) is 0 Å². The zero-order valence-corrected chi connectivity index (χ0v) is 15.8. The van der Waals surface area contributed by atoms with Gasteiger partial charge in [-0.3, -0.25) is 0 Å². The first-order valence-corrected chi connectivity index (χ1v) is 8.61. The number of anilines is 2. The van der Waals surface area contributed by atoms with Crippen molar-refractivity contribution in [2.45, 2.75) is 53.0 Å². The first kappa shape index (κ1) is 16.7. The molecule has 0 aromatic heterocycles. The van der Waals surface area contributed by atoms with Crippen molar-refractivity contribution in [3.8, 4) is 0 Å². The number of hydrogen-bond donors (Lipinski definition) is 1. The molecule has 0 saturated heterocycles. The van der Waals surface area contributed by atoms with Gasteiger partial charge in [0.25, 0.3) is 0 Å². The van der Waals surface area contributed by atoms with Gasteiger partial charge in [0.2, 0.25) is 0 Å². The Morgan fingerprint density at radius 1 is 1.10 bits per heavy atom. The largest absolute Gasteiger partial charge is 0.381 e. The number of halogens is 1. The molecule has 2 rings (SSSR count). The molecule has 0 heterocycles. The van der Waals surface area contributed by atoms with Gasteiger partial charge < -0.3 is 10.2 Å². The van der Waals surface area contributed by atoms with Crippen LogP contribution in [0.3, 0.4) is 0 Å². The monoisotopic (exact) mass is 352 g/mol. The Labute approximate surface area is 138 Å². The van der Waals surface area contributed by atoms with Crippen LogP contribution in [0.4, 0.5) is 11.4 Å². The quantitative estimate of drug-likeness (QED) is 0.768. The highest BCUT2D eigenvalue weighted by molar-refractivity contribution is 9.10. The second-order valence-electron chi connectivity index (χ2n) is 8.31. The van der Waals surface area contributed by atoms with Crippen LogP contribution in [0, 0.1) is 10.8 Å². The zero-order chi connectivity index (χ0) is 15.8. The third-order valence-corrected chi connectivity index (χ3v) is 4.85. The molecule has 0 amide bonds. The van der Waals surface area contributed by atoms with Gasteiger partial charge in [-0.05, 0) is 48.3 Å². The lowest BCUT2D eigenvalue weighted by molar-refractivity contribution is 0.105. The summed E-state index contributed by atoms with van der Waals surface area (Å²) >= 11 is 3.60. The normalized spacial score (nSPS) is 21.1. The van der Waals surface area contributed by atoms with E-state index in [1.54, 1.807) is 0 Å². The highest BCUT2D eigenvalue weighted by Crippen LogP contribution is 2.46. The van der Waals surface area contributed by atoms with Crippen LogP contribution in [-0.4, -0.2) is 20.1 Å². The fraction of sp³-hybridized carbons (Fsp3) is 0.667. The van der Waals surface area contributed by atoms with Gasteiger partial charge in [0.1, 0.15) is 0 Å². The van der Waals surface area contributed by atoms with E-state index in [1.807, 2.05) is 0 Å². The molecular weight excluding hydrogens is 324 g/mol. The number of nitrogens with zero attached hydrogens (tertiary/aromatic N) is 1. The van der Waals surface area contributed by atoms with Gasteiger partial charge in [0.15, 0.2) is 0 Å². The smallest absolute Gasteiger partial charge is 0.0597 e. The Balaban J connectivity index is 2.23. The lowest BCUT2D eigenvalue weighted by atomic mass is 9.63. The number of rotatable bonds is 3. The maximum absolute atomic E-state index is 3.81. The molecule has 1 aliphatic rings. The SMILES string of the molecule is CN(C)c1ccc(Br)cc1NC1CC(C)(C)CC(C)(C)C1. The zero-order valence-electron chi connectivity index (χ0n) is 14.3. The van der Waals surface area contributed by atoms with Gasteiger partial charge in [0, 0.05) is 24.6 Å². The van der Waals surface area contributed by atoms with E-state index in [0.717, 1.165) is 4.47 Å². The second kappa shape index (κ2) is 5.83. The van der Waals surface area contributed by atoms with Crippen LogP contribution >= 0.6 is 15.9 Å². The van der Waals surface area contributed by atoms with E-state index in [2.05, 4.69) is 86.1 Å². The fourth-order valence-corrected chi connectivity index (χ4v) is 4.54. The lowest BCUT2D eigenvalue weighted by Crippen LogP contribution is -2.40. The maximum atomic E-state index is 3.81. The summed E-state index contributed by atoms with van der Waals surface area (Å²) in [6.45, 7) is 9.60. The summed E-state index contributed by atoms with van der Waals surface area (Å²) in [5.74, 6) is 0. The average Bonchev–Trinajstić information content (AvgIpc) is 2.23. The second-order valence-corrected chi connectivity index (χ2v) is 9.23. The molecule has 0 unspecified atom stereocenters. The van der Waals surface area contributed by atoms with E-state index in [9.17, 15) is 0 Å².